The number of ether oxygens (including phenoxy) is 1. The zero-order valence-electron chi connectivity index (χ0n) is 15.9. The Hall–Kier alpha value is -0.810. The molecule has 5 heteroatoms. The lowest BCUT2D eigenvalue weighted by Gasteiger charge is -2.29. The van der Waals surface area contributed by atoms with E-state index in [1.807, 2.05) is 7.05 Å². The molecule has 1 aliphatic heterocycles. The zero-order chi connectivity index (χ0) is 17.1. The van der Waals surface area contributed by atoms with Crippen molar-refractivity contribution in [3.63, 3.8) is 0 Å². The summed E-state index contributed by atoms with van der Waals surface area (Å²) in [5.41, 5.74) is 0. The average Bonchev–Trinajstić information content (AvgIpc) is 2.52. The van der Waals surface area contributed by atoms with Gasteiger partial charge < -0.3 is 15.4 Å². The van der Waals surface area contributed by atoms with E-state index >= 15 is 0 Å². The standard InChI is InChI=1S/C18H38N4O/c1-15(2)7-6-8-17(4)21-18(19-5)20-13-16(3)14-22-9-11-23-12-10-22/h15-17H,6-14H2,1-5H3,(H2,19,20,21). The third-order valence-corrected chi connectivity index (χ3v) is 4.32. The van der Waals surface area contributed by atoms with Crippen LogP contribution in [0.15, 0.2) is 4.99 Å². The molecule has 0 aromatic heterocycles. The van der Waals surface area contributed by atoms with Crippen LogP contribution >= 0.6 is 0 Å². The Morgan fingerprint density at radius 3 is 2.43 bits per heavy atom. The molecule has 0 bridgehead atoms. The molecule has 2 N–H and O–H groups in total. The summed E-state index contributed by atoms with van der Waals surface area (Å²) < 4.78 is 5.40. The molecule has 2 unspecified atom stereocenters. The van der Waals surface area contributed by atoms with Crippen LogP contribution < -0.4 is 10.6 Å². The van der Waals surface area contributed by atoms with Gasteiger partial charge in [-0.2, -0.15) is 0 Å². The highest BCUT2D eigenvalue weighted by Crippen LogP contribution is 2.08. The topological polar surface area (TPSA) is 48.9 Å². The second kappa shape index (κ2) is 11.7. The van der Waals surface area contributed by atoms with Gasteiger partial charge in [0.15, 0.2) is 5.96 Å². The van der Waals surface area contributed by atoms with Gasteiger partial charge in [-0.05, 0) is 25.2 Å². The first kappa shape index (κ1) is 20.2. The molecule has 1 rings (SSSR count). The Morgan fingerprint density at radius 2 is 1.83 bits per heavy atom. The van der Waals surface area contributed by atoms with E-state index in [-0.39, 0.29) is 0 Å². The molecule has 0 aliphatic carbocycles. The Balaban J connectivity index is 2.19. The van der Waals surface area contributed by atoms with Crippen LogP contribution in [0.4, 0.5) is 0 Å². The molecule has 1 fully saturated rings. The molecule has 1 saturated heterocycles. The SMILES string of the molecule is CN=C(NCC(C)CN1CCOCC1)NC(C)CCCC(C)C. The molecule has 2 atom stereocenters. The van der Waals surface area contributed by atoms with Crippen LogP contribution in [0.2, 0.25) is 0 Å². The molecule has 0 amide bonds. The van der Waals surface area contributed by atoms with Gasteiger partial charge in [0, 0.05) is 39.3 Å². The number of guanidine groups is 1. The molecule has 1 aliphatic rings. The lowest BCUT2D eigenvalue weighted by atomic mass is 10.0. The first-order valence-electron chi connectivity index (χ1n) is 9.28. The van der Waals surface area contributed by atoms with Crippen LogP contribution in [-0.4, -0.2) is 63.3 Å². The summed E-state index contributed by atoms with van der Waals surface area (Å²) in [5.74, 6) is 2.32. The van der Waals surface area contributed by atoms with Crippen LogP contribution in [0.3, 0.4) is 0 Å². The minimum Gasteiger partial charge on any atom is -0.379 e. The van der Waals surface area contributed by atoms with Crippen molar-refractivity contribution in [2.45, 2.75) is 53.0 Å². The van der Waals surface area contributed by atoms with E-state index in [0.29, 0.717) is 12.0 Å². The lowest BCUT2D eigenvalue weighted by Crippen LogP contribution is -2.46. The Kier molecular flexibility index (Phi) is 10.3. The number of nitrogens with one attached hydrogen (secondary N) is 2. The van der Waals surface area contributed by atoms with Crippen molar-refractivity contribution in [2.75, 3.05) is 46.4 Å². The van der Waals surface area contributed by atoms with E-state index in [4.69, 9.17) is 4.74 Å². The molecule has 0 radical (unpaired) electrons. The molecule has 5 nitrogen and oxygen atoms in total. The molecular weight excluding hydrogens is 288 g/mol. The van der Waals surface area contributed by atoms with Gasteiger partial charge in [0.05, 0.1) is 13.2 Å². The smallest absolute Gasteiger partial charge is 0.191 e. The van der Waals surface area contributed by atoms with Gasteiger partial charge in [-0.15, -0.1) is 0 Å². The van der Waals surface area contributed by atoms with Gasteiger partial charge in [-0.3, -0.25) is 9.89 Å². The van der Waals surface area contributed by atoms with Crippen molar-refractivity contribution in [3.8, 4) is 0 Å². The van der Waals surface area contributed by atoms with E-state index in [9.17, 15) is 0 Å². The molecular formula is C18H38N4O. The maximum absolute atomic E-state index is 5.40. The fraction of sp³-hybridized carbons (Fsp3) is 0.944. The molecule has 23 heavy (non-hydrogen) atoms. The molecule has 0 aromatic carbocycles. The summed E-state index contributed by atoms with van der Waals surface area (Å²) in [5, 5.41) is 6.97. The molecule has 0 saturated carbocycles. The molecule has 0 aromatic rings. The van der Waals surface area contributed by atoms with Crippen LogP contribution in [0.1, 0.15) is 47.0 Å². The van der Waals surface area contributed by atoms with Crippen molar-refractivity contribution in [2.24, 2.45) is 16.8 Å². The normalized spacial score (nSPS) is 19.7. The Morgan fingerprint density at radius 1 is 1.13 bits per heavy atom. The van der Waals surface area contributed by atoms with E-state index in [2.05, 4.69) is 48.2 Å². The quantitative estimate of drug-likeness (QED) is 0.504. The maximum Gasteiger partial charge on any atom is 0.191 e. The van der Waals surface area contributed by atoms with E-state index in [1.54, 1.807) is 0 Å². The van der Waals surface area contributed by atoms with Gasteiger partial charge in [0.1, 0.15) is 0 Å². The van der Waals surface area contributed by atoms with Crippen LogP contribution in [0, 0.1) is 11.8 Å². The number of rotatable bonds is 9. The van der Waals surface area contributed by atoms with Crippen LogP contribution in [-0.2, 0) is 4.74 Å². The van der Waals surface area contributed by atoms with Gasteiger partial charge in [-0.1, -0.05) is 33.6 Å². The van der Waals surface area contributed by atoms with Gasteiger partial charge in [-0.25, -0.2) is 0 Å². The minimum atomic E-state index is 0.467. The number of aliphatic imine (C=N–C) groups is 1. The third kappa shape index (κ3) is 9.82. The lowest BCUT2D eigenvalue weighted by molar-refractivity contribution is 0.0320. The number of hydrogen-bond donors (Lipinski definition) is 2. The first-order chi connectivity index (χ1) is 11.0. The number of hydrogen-bond acceptors (Lipinski definition) is 3. The van der Waals surface area contributed by atoms with Crippen molar-refractivity contribution in [1.82, 2.24) is 15.5 Å². The summed E-state index contributed by atoms with van der Waals surface area (Å²) >= 11 is 0. The minimum absolute atomic E-state index is 0.467. The van der Waals surface area contributed by atoms with Crippen molar-refractivity contribution in [1.29, 1.82) is 0 Å². The fourth-order valence-electron chi connectivity index (χ4n) is 2.89. The van der Waals surface area contributed by atoms with Crippen LogP contribution in [0.5, 0.6) is 0 Å². The highest BCUT2D eigenvalue weighted by molar-refractivity contribution is 5.79. The van der Waals surface area contributed by atoms with Gasteiger partial charge >= 0.3 is 0 Å². The highest BCUT2D eigenvalue weighted by atomic mass is 16.5. The van der Waals surface area contributed by atoms with E-state index in [1.165, 1.54) is 19.3 Å². The molecule has 136 valence electrons. The summed E-state index contributed by atoms with van der Waals surface area (Å²) in [4.78, 5) is 6.84. The average molecular weight is 327 g/mol. The maximum atomic E-state index is 5.40. The first-order valence-corrected chi connectivity index (χ1v) is 9.28. The number of nitrogens with zero attached hydrogens (tertiary/aromatic N) is 2. The Labute approximate surface area is 143 Å². The zero-order valence-corrected chi connectivity index (χ0v) is 15.9. The van der Waals surface area contributed by atoms with Crippen molar-refractivity contribution in [3.05, 3.63) is 0 Å². The summed E-state index contributed by atoms with van der Waals surface area (Å²) in [6, 6.07) is 0.467. The second-order valence-electron chi connectivity index (χ2n) is 7.34. The predicted molar refractivity (Wildman–Crippen MR) is 99.1 cm³/mol. The predicted octanol–water partition coefficient (Wildman–Crippen LogP) is 2.33. The summed E-state index contributed by atoms with van der Waals surface area (Å²) in [7, 11) is 1.85. The van der Waals surface area contributed by atoms with Crippen LogP contribution in [0.25, 0.3) is 0 Å². The summed E-state index contributed by atoms with van der Waals surface area (Å²) in [6.45, 7) is 15.0. The summed E-state index contributed by atoms with van der Waals surface area (Å²) in [6.07, 6.45) is 3.77. The van der Waals surface area contributed by atoms with Crippen molar-refractivity contribution >= 4 is 5.96 Å². The third-order valence-electron chi connectivity index (χ3n) is 4.32. The van der Waals surface area contributed by atoms with Crippen molar-refractivity contribution < 1.29 is 4.74 Å². The van der Waals surface area contributed by atoms with Gasteiger partial charge in [0.2, 0.25) is 0 Å². The molecule has 1 heterocycles. The Bertz CT molecular complexity index is 327. The molecule has 0 spiro atoms. The monoisotopic (exact) mass is 326 g/mol. The van der Waals surface area contributed by atoms with E-state index in [0.717, 1.165) is 51.3 Å². The largest absolute Gasteiger partial charge is 0.379 e. The number of morpholine rings is 1. The fourth-order valence-corrected chi connectivity index (χ4v) is 2.89. The highest BCUT2D eigenvalue weighted by Gasteiger charge is 2.14. The van der Waals surface area contributed by atoms with E-state index < -0.39 is 0 Å². The second-order valence-corrected chi connectivity index (χ2v) is 7.34. The van der Waals surface area contributed by atoms with Gasteiger partial charge in [0.25, 0.3) is 0 Å².